The Morgan fingerprint density at radius 3 is 2.50 bits per heavy atom. The average molecular weight is 237 g/mol. The van der Waals surface area contributed by atoms with Gasteiger partial charge in [0.05, 0.1) is 17.9 Å². The van der Waals surface area contributed by atoms with Crippen LogP contribution in [0, 0.1) is 0 Å². The second-order valence-corrected chi connectivity index (χ2v) is 2.90. The van der Waals surface area contributed by atoms with Crippen LogP contribution in [0.1, 0.15) is 11.3 Å². The van der Waals surface area contributed by atoms with Crippen LogP contribution in [0.15, 0.2) is 6.07 Å². The summed E-state index contributed by atoms with van der Waals surface area (Å²) >= 11 is 0. The van der Waals surface area contributed by atoms with Gasteiger partial charge in [0.1, 0.15) is 0 Å². The molecule has 0 bridgehead atoms. The first-order valence-corrected chi connectivity index (χ1v) is 4.22. The summed E-state index contributed by atoms with van der Waals surface area (Å²) in [7, 11) is 0. The van der Waals surface area contributed by atoms with Gasteiger partial charge in [-0.25, -0.2) is 4.98 Å². The lowest BCUT2D eigenvalue weighted by Crippen LogP contribution is -2.20. The minimum atomic E-state index is -4.88. The number of nitrogens with two attached hydrogens (primary N) is 2. The highest BCUT2D eigenvalue weighted by molar-refractivity contribution is 5.52. The van der Waals surface area contributed by atoms with Gasteiger partial charge in [0.25, 0.3) is 0 Å². The fraction of sp³-hybridized carbons (Fsp3) is 0.375. The van der Waals surface area contributed by atoms with E-state index in [-0.39, 0.29) is 23.5 Å². The van der Waals surface area contributed by atoms with E-state index < -0.39 is 18.8 Å². The van der Waals surface area contributed by atoms with E-state index in [0.717, 1.165) is 0 Å². The number of hydrogen-bond acceptors (Lipinski definition) is 5. The lowest BCUT2D eigenvalue weighted by atomic mass is 10.2. The largest absolute Gasteiger partial charge is 0.574 e. The zero-order chi connectivity index (χ0) is 12.3. The van der Waals surface area contributed by atoms with Crippen molar-refractivity contribution in [1.29, 1.82) is 0 Å². The Balaban J connectivity index is 3.18. The van der Waals surface area contributed by atoms with Gasteiger partial charge in [-0.15, -0.1) is 13.2 Å². The fourth-order valence-corrected chi connectivity index (χ4v) is 1.10. The number of nitrogens with zero attached hydrogens (tertiary/aromatic N) is 1. The number of nitrogen functional groups attached to an aromatic ring is 1. The van der Waals surface area contributed by atoms with E-state index in [2.05, 4.69) is 9.72 Å². The molecule has 0 aromatic carbocycles. The van der Waals surface area contributed by atoms with E-state index in [1.807, 2.05) is 0 Å². The van der Waals surface area contributed by atoms with Gasteiger partial charge in [-0.3, -0.25) is 0 Å². The predicted octanol–water partition coefficient (Wildman–Crippen LogP) is 0.513. The van der Waals surface area contributed by atoms with Crippen molar-refractivity contribution >= 4 is 5.69 Å². The first kappa shape index (κ1) is 12.5. The standard InChI is InChI=1S/C8H10F3N3O2/c9-8(10,11)16-7-5(2-12)6(13)1-4(3-15)14-7/h1,15H,2-3,12H2,(H2,13,14). The minimum Gasteiger partial charge on any atom is -0.398 e. The van der Waals surface area contributed by atoms with Crippen LogP contribution in [0.5, 0.6) is 5.88 Å². The number of aliphatic hydroxyl groups excluding tert-OH is 1. The quantitative estimate of drug-likeness (QED) is 0.712. The van der Waals surface area contributed by atoms with Crippen molar-refractivity contribution in [2.75, 3.05) is 5.73 Å². The third-order valence-electron chi connectivity index (χ3n) is 1.75. The second kappa shape index (κ2) is 4.54. The van der Waals surface area contributed by atoms with E-state index in [0.29, 0.717) is 0 Å². The average Bonchev–Trinajstić information content (AvgIpc) is 2.14. The molecular weight excluding hydrogens is 227 g/mol. The summed E-state index contributed by atoms with van der Waals surface area (Å²) in [4.78, 5) is 3.46. The highest BCUT2D eigenvalue weighted by atomic mass is 19.4. The molecular formula is C8H10F3N3O2. The monoisotopic (exact) mass is 237 g/mol. The first-order valence-electron chi connectivity index (χ1n) is 4.22. The minimum absolute atomic E-state index is 0.000741. The number of rotatable bonds is 3. The Morgan fingerprint density at radius 1 is 1.44 bits per heavy atom. The number of alkyl halides is 3. The van der Waals surface area contributed by atoms with E-state index in [1.165, 1.54) is 6.07 Å². The number of aliphatic hydroxyl groups is 1. The molecule has 90 valence electrons. The molecule has 0 aliphatic heterocycles. The van der Waals surface area contributed by atoms with Crippen LogP contribution in [0.3, 0.4) is 0 Å². The molecule has 0 saturated heterocycles. The first-order chi connectivity index (χ1) is 7.37. The molecule has 8 heteroatoms. The Hall–Kier alpha value is -1.54. The summed E-state index contributed by atoms with van der Waals surface area (Å²) in [5.74, 6) is -0.723. The molecule has 1 heterocycles. The molecule has 0 unspecified atom stereocenters. The molecule has 1 rings (SSSR count). The lowest BCUT2D eigenvalue weighted by molar-refractivity contribution is -0.276. The summed E-state index contributed by atoms with van der Waals surface area (Å²) in [5, 5.41) is 8.76. The second-order valence-electron chi connectivity index (χ2n) is 2.90. The third-order valence-corrected chi connectivity index (χ3v) is 1.75. The van der Waals surface area contributed by atoms with Crippen LogP contribution >= 0.6 is 0 Å². The molecule has 0 spiro atoms. The van der Waals surface area contributed by atoms with Crippen molar-refractivity contribution in [3.8, 4) is 5.88 Å². The lowest BCUT2D eigenvalue weighted by Gasteiger charge is -2.14. The summed E-state index contributed by atoms with van der Waals surface area (Å²) < 4.78 is 39.7. The maximum atomic E-state index is 12.0. The van der Waals surface area contributed by atoms with Crippen molar-refractivity contribution in [2.45, 2.75) is 19.5 Å². The molecule has 16 heavy (non-hydrogen) atoms. The number of pyridine rings is 1. The Kier molecular flexibility index (Phi) is 3.55. The predicted molar refractivity (Wildman–Crippen MR) is 49.1 cm³/mol. The van der Waals surface area contributed by atoms with E-state index in [9.17, 15) is 13.2 Å². The normalized spacial score (nSPS) is 11.6. The Morgan fingerprint density at radius 2 is 2.06 bits per heavy atom. The third kappa shape index (κ3) is 2.97. The van der Waals surface area contributed by atoms with Crippen molar-refractivity contribution in [1.82, 2.24) is 4.98 Å². The number of aromatic nitrogens is 1. The SMILES string of the molecule is NCc1c(N)cc(CO)nc1OC(F)(F)F. The van der Waals surface area contributed by atoms with Gasteiger partial charge < -0.3 is 21.3 Å². The van der Waals surface area contributed by atoms with Crippen LogP contribution in [0.4, 0.5) is 18.9 Å². The maximum absolute atomic E-state index is 12.0. The molecule has 5 N–H and O–H groups in total. The van der Waals surface area contributed by atoms with E-state index >= 15 is 0 Å². The highest BCUT2D eigenvalue weighted by Gasteiger charge is 2.33. The summed E-state index contributed by atoms with van der Waals surface area (Å²) in [6.45, 7) is -0.779. The molecule has 0 atom stereocenters. The van der Waals surface area contributed by atoms with Gasteiger partial charge in [-0.1, -0.05) is 0 Å². The van der Waals surface area contributed by atoms with E-state index in [4.69, 9.17) is 16.6 Å². The van der Waals surface area contributed by atoms with Crippen LogP contribution in [-0.4, -0.2) is 16.5 Å². The van der Waals surface area contributed by atoms with Crippen LogP contribution in [0.2, 0.25) is 0 Å². The zero-order valence-electron chi connectivity index (χ0n) is 8.08. The van der Waals surface area contributed by atoms with Crippen molar-refractivity contribution in [2.24, 2.45) is 5.73 Å². The maximum Gasteiger partial charge on any atom is 0.574 e. The van der Waals surface area contributed by atoms with Crippen molar-refractivity contribution in [3.05, 3.63) is 17.3 Å². The summed E-state index contributed by atoms with van der Waals surface area (Å²) in [5.41, 5.74) is 10.6. The highest BCUT2D eigenvalue weighted by Crippen LogP contribution is 2.28. The Labute approximate surface area is 88.8 Å². The summed E-state index contributed by atoms with van der Waals surface area (Å²) in [6.07, 6.45) is -4.88. The van der Waals surface area contributed by atoms with Gasteiger partial charge in [0, 0.05) is 12.2 Å². The molecule has 0 radical (unpaired) electrons. The van der Waals surface area contributed by atoms with Gasteiger partial charge in [-0.2, -0.15) is 0 Å². The number of hydrogen-bond donors (Lipinski definition) is 3. The van der Waals surface area contributed by atoms with Gasteiger partial charge in [-0.05, 0) is 6.07 Å². The van der Waals surface area contributed by atoms with Crippen LogP contribution < -0.4 is 16.2 Å². The molecule has 0 aliphatic rings. The fourth-order valence-electron chi connectivity index (χ4n) is 1.10. The molecule has 0 saturated carbocycles. The molecule has 5 nitrogen and oxygen atoms in total. The van der Waals surface area contributed by atoms with Gasteiger partial charge in [0.15, 0.2) is 0 Å². The Bertz CT molecular complexity index is 382. The molecule has 0 aliphatic carbocycles. The molecule has 1 aromatic heterocycles. The smallest absolute Gasteiger partial charge is 0.398 e. The molecule has 0 fully saturated rings. The van der Waals surface area contributed by atoms with Crippen LogP contribution in [0.25, 0.3) is 0 Å². The zero-order valence-corrected chi connectivity index (χ0v) is 8.08. The molecule has 1 aromatic rings. The number of halogens is 3. The van der Waals surface area contributed by atoms with E-state index in [1.54, 1.807) is 0 Å². The summed E-state index contributed by atoms with van der Waals surface area (Å²) in [6, 6.07) is 1.24. The van der Waals surface area contributed by atoms with Gasteiger partial charge >= 0.3 is 6.36 Å². The van der Waals surface area contributed by atoms with Crippen molar-refractivity contribution < 1.29 is 23.0 Å². The topological polar surface area (TPSA) is 94.4 Å². The number of ether oxygens (including phenoxy) is 1. The van der Waals surface area contributed by atoms with Crippen LogP contribution in [-0.2, 0) is 13.2 Å². The van der Waals surface area contributed by atoms with Gasteiger partial charge in [0.2, 0.25) is 5.88 Å². The number of anilines is 1. The molecule has 0 amide bonds. The van der Waals surface area contributed by atoms with Crippen molar-refractivity contribution in [3.63, 3.8) is 0 Å².